The number of nitrogens with two attached hydrogens (primary N) is 1. The number of nitrogens with zero attached hydrogens (tertiary/aromatic N) is 4. The van der Waals surface area contributed by atoms with E-state index in [0.717, 1.165) is 52.3 Å². The molecule has 3 heterocycles. The molecule has 0 radical (unpaired) electrons. The van der Waals surface area contributed by atoms with Gasteiger partial charge in [0.05, 0.1) is 5.69 Å². The lowest BCUT2D eigenvalue weighted by Gasteiger charge is -2.12. The van der Waals surface area contributed by atoms with Crippen LogP contribution in [-0.2, 0) is 0 Å². The van der Waals surface area contributed by atoms with E-state index in [4.69, 9.17) is 10.7 Å². The monoisotopic (exact) mass is 509 g/mol. The summed E-state index contributed by atoms with van der Waals surface area (Å²) in [7, 11) is 0. The summed E-state index contributed by atoms with van der Waals surface area (Å²) in [6.07, 6.45) is 4.74. The van der Waals surface area contributed by atoms with Gasteiger partial charge in [0.2, 0.25) is 0 Å². The molecule has 186 valence electrons. The molecule has 0 spiro atoms. The molecule has 9 heteroatoms. The van der Waals surface area contributed by atoms with E-state index in [-0.39, 0.29) is 11.6 Å². The summed E-state index contributed by atoms with van der Waals surface area (Å²) < 4.78 is 0. The Morgan fingerprint density at radius 2 is 1.73 bits per heavy atom. The molecule has 0 fully saturated rings. The Morgan fingerprint density at radius 3 is 2.57 bits per heavy atom. The quantitative estimate of drug-likeness (QED) is 0.209. The van der Waals surface area contributed by atoms with Gasteiger partial charge in [0.25, 0.3) is 5.91 Å². The second-order valence-corrected chi connectivity index (χ2v) is 9.43. The molecule has 4 N–H and O–H groups in total. The van der Waals surface area contributed by atoms with Crippen LogP contribution in [0.2, 0.25) is 0 Å². The van der Waals surface area contributed by atoms with Gasteiger partial charge in [-0.1, -0.05) is 60.2 Å². The zero-order chi connectivity index (χ0) is 25.5. The largest absolute Gasteiger partial charge is 0.370 e. The van der Waals surface area contributed by atoms with Crippen molar-refractivity contribution in [1.29, 1.82) is 0 Å². The van der Waals surface area contributed by atoms with Crippen LogP contribution < -0.4 is 16.4 Å². The van der Waals surface area contributed by atoms with Crippen molar-refractivity contribution in [3.8, 4) is 22.0 Å². The highest BCUT2D eigenvalue weighted by molar-refractivity contribution is 7.21. The summed E-state index contributed by atoms with van der Waals surface area (Å²) in [5.41, 5.74) is 9.02. The Labute approximate surface area is 219 Å². The normalized spacial score (nSPS) is 10.9. The highest BCUT2D eigenvalue weighted by atomic mass is 32.1. The topological polar surface area (TPSA) is 119 Å². The van der Waals surface area contributed by atoms with Crippen LogP contribution in [0.4, 0.5) is 11.5 Å². The highest BCUT2D eigenvalue weighted by Crippen LogP contribution is 2.33. The minimum Gasteiger partial charge on any atom is -0.370 e. The molecule has 0 saturated heterocycles. The lowest BCUT2D eigenvalue weighted by molar-refractivity contribution is 0.102. The Kier molecular flexibility index (Phi) is 7.73. The van der Waals surface area contributed by atoms with Gasteiger partial charge >= 0.3 is 0 Å². The van der Waals surface area contributed by atoms with Crippen LogP contribution >= 0.6 is 11.3 Å². The smallest absolute Gasteiger partial charge is 0.274 e. The molecule has 0 aliphatic carbocycles. The van der Waals surface area contributed by atoms with Crippen molar-refractivity contribution in [2.75, 3.05) is 23.7 Å². The molecule has 0 aliphatic rings. The Hall–Kier alpha value is -4.21. The lowest BCUT2D eigenvalue weighted by atomic mass is 10.1. The third kappa shape index (κ3) is 5.96. The number of carbonyl (C=O) groups excluding carboxylic acids is 1. The van der Waals surface area contributed by atoms with E-state index in [1.807, 2.05) is 66.7 Å². The first-order valence-corrected chi connectivity index (χ1v) is 13.0. The number of fused-ring (bicyclic) bond motifs is 1. The molecule has 1 amide bonds. The number of unbranched alkanes of at least 4 members (excludes halogenated alkanes) is 2. The summed E-state index contributed by atoms with van der Waals surface area (Å²) >= 11 is 1.49. The third-order valence-electron chi connectivity index (χ3n) is 5.75. The first kappa shape index (κ1) is 24.5. The number of hydrogen-bond donors (Lipinski definition) is 3. The Bertz CT molecular complexity index is 1470. The van der Waals surface area contributed by atoms with E-state index >= 15 is 0 Å². The molecule has 5 aromatic rings. The minimum absolute atomic E-state index is 0.277. The van der Waals surface area contributed by atoms with E-state index < -0.39 is 0 Å². The first-order chi connectivity index (χ1) is 18.2. The van der Waals surface area contributed by atoms with Crippen LogP contribution in [0.3, 0.4) is 0 Å². The number of anilines is 2. The number of benzene rings is 2. The van der Waals surface area contributed by atoms with Crippen molar-refractivity contribution < 1.29 is 4.79 Å². The van der Waals surface area contributed by atoms with Crippen molar-refractivity contribution in [3.63, 3.8) is 0 Å². The summed E-state index contributed by atoms with van der Waals surface area (Å²) in [6.45, 7) is 1.42. The summed E-state index contributed by atoms with van der Waals surface area (Å²) in [5, 5.41) is 7.16. The van der Waals surface area contributed by atoms with Crippen LogP contribution in [0.5, 0.6) is 0 Å². The summed E-state index contributed by atoms with van der Waals surface area (Å²) in [5.74, 6) is 0.776. The second kappa shape index (κ2) is 11.7. The van der Waals surface area contributed by atoms with Gasteiger partial charge in [-0.2, -0.15) is 0 Å². The van der Waals surface area contributed by atoms with E-state index in [1.165, 1.54) is 11.3 Å². The molecule has 0 aliphatic heterocycles. The zero-order valence-electron chi connectivity index (χ0n) is 20.2. The van der Waals surface area contributed by atoms with Crippen molar-refractivity contribution in [3.05, 3.63) is 84.7 Å². The molecule has 3 aromatic heterocycles. The average molecular weight is 510 g/mol. The van der Waals surface area contributed by atoms with Crippen LogP contribution in [0, 0.1) is 0 Å². The first-order valence-electron chi connectivity index (χ1n) is 12.2. The molecule has 8 nitrogen and oxygen atoms in total. The fourth-order valence-corrected chi connectivity index (χ4v) is 4.83. The van der Waals surface area contributed by atoms with Gasteiger partial charge in [-0.3, -0.25) is 4.79 Å². The molecule has 0 saturated carbocycles. The van der Waals surface area contributed by atoms with E-state index in [2.05, 4.69) is 25.6 Å². The molecule has 2 aromatic carbocycles. The third-order valence-corrected chi connectivity index (χ3v) is 6.76. The number of amides is 1. The fourth-order valence-electron chi connectivity index (χ4n) is 3.88. The van der Waals surface area contributed by atoms with Crippen LogP contribution in [0.15, 0.2) is 79.0 Å². The predicted molar refractivity (Wildman–Crippen MR) is 150 cm³/mol. The van der Waals surface area contributed by atoms with Gasteiger partial charge in [-0.25, -0.2) is 19.9 Å². The number of para-hydroxylation sites is 1. The van der Waals surface area contributed by atoms with Crippen molar-refractivity contribution >= 4 is 39.1 Å². The van der Waals surface area contributed by atoms with E-state index in [9.17, 15) is 4.79 Å². The molecule has 0 atom stereocenters. The molecule has 0 bridgehead atoms. The number of aromatic nitrogens is 4. The Morgan fingerprint density at radius 1 is 0.892 bits per heavy atom. The molecule has 5 rings (SSSR count). The number of nitrogens with one attached hydrogen (secondary N) is 2. The molecule has 0 unspecified atom stereocenters. The van der Waals surface area contributed by atoms with Gasteiger partial charge in [0, 0.05) is 29.9 Å². The standard InChI is InChI=1S/C28H27N7OS/c29-15-7-2-8-16-30-24-18-23(32-25(35-24)19-10-3-1-4-11-19)26(36)33-21-13-6-5-12-20(21)27-34-22-14-9-17-31-28(22)37-27/h1,3-6,9-14,17-18H,2,7-8,15-16,29H2,(H,33,36)(H,30,32,35). The maximum Gasteiger partial charge on any atom is 0.274 e. The van der Waals surface area contributed by atoms with Crippen LogP contribution in [-0.4, -0.2) is 38.9 Å². The van der Waals surface area contributed by atoms with E-state index in [0.29, 0.717) is 23.9 Å². The van der Waals surface area contributed by atoms with Gasteiger partial charge in [0.15, 0.2) is 5.82 Å². The van der Waals surface area contributed by atoms with Crippen LogP contribution in [0.25, 0.3) is 32.3 Å². The number of hydrogen-bond acceptors (Lipinski definition) is 8. The van der Waals surface area contributed by atoms with Crippen molar-refractivity contribution in [1.82, 2.24) is 19.9 Å². The van der Waals surface area contributed by atoms with Gasteiger partial charge < -0.3 is 16.4 Å². The second-order valence-electron chi connectivity index (χ2n) is 8.45. The number of carbonyl (C=O) groups is 1. The summed E-state index contributed by atoms with van der Waals surface area (Å²) in [4.78, 5) is 32.7. The fraction of sp³-hybridized carbons (Fsp3) is 0.179. The average Bonchev–Trinajstić information content (AvgIpc) is 3.38. The van der Waals surface area contributed by atoms with Crippen molar-refractivity contribution in [2.24, 2.45) is 5.73 Å². The lowest BCUT2D eigenvalue weighted by Crippen LogP contribution is -2.16. The van der Waals surface area contributed by atoms with Crippen LogP contribution in [0.1, 0.15) is 29.8 Å². The van der Waals surface area contributed by atoms with Gasteiger partial charge in [-0.05, 0) is 43.7 Å². The van der Waals surface area contributed by atoms with Crippen molar-refractivity contribution in [2.45, 2.75) is 19.3 Å². The number of thiazole rings is 1. The van der Waals surface area contributed by atoms with E-state index in [1.54, 1.807) is 12.3 Å². The predicted octanol–water partition coefficient (Wildman–Crippen LogP) is 5.61. The SMILES string of the molecule is NCCCCCNc1cc(C(=O)Nc2ccccc2-c2nc3cccnc3s2)nc(-c2ccccc2)n1. The maximum atomic E-state index is 13.4. The molecule has 37 heavy (non-hydrogen) atoms. The van der Waals surface area contributed by atoms with Gasteiger partial charge in [-0.15, -0.1) is 0 Å². The molecular weight excluding hydrogens is 482 g/mol. The maximum absolute atomic E-state index is 13.4. The number of rotatable bonds is 10. The van der Waals surface area contributed by atoms with Gasteiger partial charge in [0.1, 0.15) is 26.9 Å². The summed E-state index contributed by atoms with van der Waals surface area (Å²) in [6, 6.07) is 22.7. The Balaban J connectivity index is 1.43. The minimum atomic E-state index is -0.322. The molecular formula is C28H27N7OS. The number of pyridine rings is 1. The zero-order valence-corrected chi connectivity index (χ0v) is 21.0. The highest BCUT2D eigenvalue weighted by Gasteiger charge is 2.17.